The molecular formula is C14H14ClN3O2. The van der Waals surface area contributed by atoms with Crippen molar-refractivity contribution < 1.29 is 9.53 Å². The Kier molecular flexibility index (Phi) is 4.53. The highest BCUT2D eigenvalue weighted by atomic mass is 35.5. The number of hydrogen-bond donors (Lipinski definition) is 1. The Morgan fingerprint density at radius 1 is 1.35 bits per heavy atom. The lowest BCUT2D eigenvalue weighted by Gasteiger charge is -2.13. The summed E-state index contributed by atoms with van der Waals surface area (Å²) in [5, 5.41) is 3.20. The first-order chi connectivity index (χ1) is 9.65. The molecule has 0 saturated heterocycles. The van der Waals surface area contributed by atoms with Crippen molar-refractivity contribution >= 4 is 29.4 Å². The number of benzene rings is 1. The summed E-state index contributed by atoms with van der Waals surface area (Å²) in [6, 6.07) is 7.41. The fraction of sp³-hybridized carbons (Fsp3) is 0.214. The molecule has 0 bridgehead atoms. The van der Waals surface area contributed by atoms with Gasteiger partial charge in [-0.2, -0.15) is 0 Å². The first-order valence-corrected chi connectivity index (χ1v) is 6.51. The third-order valence-corrected chi connectivity index (χ3v) is 2.86. The number of carbonyl (C=O) groups is 1. The maximum atomic E-state index is 11.1. The van der Waals surface area contributed by atoms with Gasteiger partial charge < -0.3 is 10.1 Å². The molecule has 0 saturated carbocycles. The first kappa shape index (κ1) is 14.3. The van der Waals surface area contributed by atoms with Gasteiger partial charge in [-0.05, 0) is 26.0 Å². The van der Waals surface area contributed by atoms with E-state index in [1.165, 1.54) is 0 Å². The fourth-order valence-corrected chi connectivity index (χ4v) is 1.98. The third-order valence-electron chi connectivity index (χ3n) is 2.57. The van der Waals surface area contributed by atoms with Gasteiger partial charge in [-0.1, -0.05) is 23.7 Å². The second-order valence-corrected chi connectivity index (χ2v) is 4.35. The van der Waals surface area contributed by atoms with E-state index >= 15 is 0 Å². The number of aromatic nitrogens is 2. The Bertz CT molecular complexity index is 632. The molecule has 2 aromatic rings. The van der Waals surface area contributed by atoms with E-state index in [1.54, 1.807) is 6.92 Å². The van der Waals surface area contributed by atoms with Crippen molar-refractivity contribution in [2.24, 2.45) is 0 Å². The Morgan fingerprint density at radius 2 is 2.10 bits per heavy atom. The molecule has 0 unspecified atom stereocenters. The number of para-hydroxylation sites is 2. The van der Waals surface area contributed by atoms with Crippen LogP contribution in [0.1, 0.15) is 23.1 Å². The largest absolute Gasteiger partial charge is 0.492 e. The molecule has 2 rings (SSSR count). The maximum absolute atomic E-state index is 11.1. The highest BCUT2D eigenvalue weighted by molar-refractivity contribution is 6.32. The summed E-state index contributed by atoms with van der Waals surface area (Å²) in [5.41, 5.74) is 0.940. The molecule has 5 nitrogen and oxygen atoms in total. The van der Waals surface area contributed by atoms with Gasteiger partial charge in [0.1, 0.15) is 22.5 Å². The topological polar surface area (TPSA) is 64.1 Å². The van der Waals surface area contributed by atoms with Crippen LogP contribution in [0.4, 0.5) is 11.5 Å². The zero-order chi connectivity index (χ0) is 14.5. The number of aldehydes is 1. The van der Waals surface area contributed by atoms with E-state index in [0.717, 1.165) is 0 Å². The molecule has 0 aliphatic rings. The normalized spacial score (nSPS) is 10.2. The van der Waals surface area contributed by atoms with Gasteiger partial charge in [0.15, 0.2) is 6.29 Å². The van der Waals surface area contributed by atoms with Gasteiger partial charge in [-0.3, -0.25) is 4.79 Å². The number of aryl methyl sites for hydroxylation is 1. The molecule has 1 N–H and O–H groups in total. The minimum atomic E-state index is 0.129. The maximum Gasteiger partial charge on any atom is 0.156 e. The lowest BCUT2D eigenvalue weighted by molar-refractivity contribution is 0.112. The van der Waals surface area contributed by atoms with Gasteiger partial charge >= 0.3 is 0 Å². The van der Waals surface area contributed by atoms with Crippen molar-refractivity contribution in [2.45, 2.75) is 13.8 Å². The van der Waals surface area contributed by atoms with Gasteiger partial charge in [0.05, 0.1) is 17.9 Å². The van der Waals surface area contributed by atoms with Crippen LogP contribution >= 0.6 is 11.6 Å². The number of halogens is 1. The van der Waals surface area contributed by atoms with Gasteiger partial charge in [-0.25, -0.2) is 9.97 Å². The summed E-state index contributed by atoms with van der Waals surface area (Å²) >= 11 is 5.95. The minimum Gasteiger partial charge on any atom is -0.492 e. The highest BCUT2D eigenvalue weighted by Crippen LogP contribution is 2.29. The van der Waals surface area contributed by atoms with Crippen LogP contribution in [0.15, 0.2) is 24.3 Å². The Balaban J connectivity index is 2.42. The van der Waals surface area contributed by atoms with Crippen LogP contribution in [0.25, 0.3) is 0 Å². The molecule has 0 spiro atoms. The van der Waals surface area contributed by atoms with E-state index in [-0.39, 0.29) is 10.7 Å². The standard InChI is InChI=1S/C14H14ClN3O2/c1-3-20-12-7-5-4-6-11(12)18-14-10(8-19)13(15)16-9(2)17-14/h4-8H,3H2,1-2H3,(H,16,17,18). The van der Waals surface area contributed by atoms with E-state index in [9.17, 15) is 4.79 Å². The van der Waals surface area contributed by atoms with Gasteiger partial charge in [0, 0.05) is 0 Å². The lowest BCUT2D eigenvalue weighted by Crippen LogP contribution is -2.05. The van der Waals surface area contributed by atoms with E-state index in [4.69, 9.17) is 16.3 Å². The molecular weight excluding hydrogens is 278 g/mol. The molecule has 0 radical (unpaired) electrons. The molecule has 0 fully saturated rings. The summed E-state index contributed by atoms with van der Waals surface area (Å²) in [4.78, 5) is 19.3. The number of hydrogen-bond acceptors (Lipinski definition) is 5. The van der Waals surface area contributed by atoms with Gasteiger partial charge in [0.25, 0.3) is 0 Å². The number of anilines is 2. The predicted octanol–water partition coefficient (Wildman–Crippen LogP) is 3.39. The van der Waals surface area contributed by atoms with Crippen molar-refractivity contribution in [3.8, 4) is 5.75 Å². The van der Waals surface area contributed by atoms with Crippen LogP contribution in [0, 0.1) is 6.92 Å². The Morgan fingerprint density at radius 3 is 2.80 bits per heavy atom. The third kappa shape index (κ3) is 3.05. The molecule has 20 heavy (non-hydrogen) atoms. The summed E-state index contributed by atoms with van der Waals surface area (Å²) in [6.07, 6.45) is 0.632. The fourth-order valence-electron chi connectivity index (χ4n) is 1.73. The molecule has 0 amide bonds. The smallest absolute Gasteiger partial charge is 0.156 e. The van der Waals surface area contributed by atoms with Gasteiger partial charge in [0.2, 0.25) is 0 Å². The molecule has 6 heteroatoms. The highest BCUT2D eigenvalue weighted by Gasteiger charge is 2.13. The van der Waals surface area contributed by atoms with Gasteiger partial charge in [-0.15, -0.1) is 0 Å². The predicted molar refractivity (Wildman–Crippen MR) is 78.1 cm³/mol. The van der Waals surface area contributed by atoms with Crippen LogP contribution in [0.5, 0.6) is 5.75 Å². The summed E-state index contributed by atoms with van der Waals surface area (Å²) in [7, 11) is 0. The van der Waals surface area contributed by atoms with Crippen LogP contribution < -0.4 is 10.1 Å². The molecule has 0 aliphatic carbocycles. The van der Waals surface area contributed by atoms with Crippen molar-refractivity contribution in [2.75, 3.05) is 11.9 Å². The number of ether oxygens (including phenoxy) is 1. The summed E-state index contributed by atoms with van der Waals surface area (Å²) < 4.78 is 5.52. The molecule has 1 aromatic carbocycles. The summed E-state index contributed by atoms with van der Waals surface area (Å²) in [5.74, 6) is 1.53. The number of nitrogens with one attached hydrogen (secondary N) is 1. The molecule has 1 heterocycles. The van der Waals surface area contributed by atoms with E-state index in [1.807, 2.05) is 31.2 Å². The van der Waals surface area contributed by atoms with Crippen molar-refractivity contribution in [1.29, 1.82) is 0 Å². The number of carbonyl (C=O) groups excluding carboxylic acids is 1. The average Bonchev–Trinajstić information content (AvgIpc) is 2.41. The van der Waals surface area contributed by atoms with Crippen molar-refractivity contribution in [3.05, 3.63) is 40.8 Å². The molecule has 104 valence electrons. The van der Waals surface area contributed by atoms with Crippen LogP contribution in [-0.4, -0.2) is 22.9 Å². The Hall–Kier alpha value is -2.14. The van der Waals surface area contributed by atoms with E-state index in [0.29, 0.717) is 36.0 Å². The van der Waals surface area contributed by atoms with Crippen LogP contribution in [-0.2, 0) is 0 Å². The zero-order valence-electron chi connectivity index (χ0n) is 11.2. The molecule has 0 atom stereocenters. The SMILES string of the molecule is CCOc1ccccc1Nc1nc(C)nc(Cl)c1C=O. The first-order valence-electron chi connectivity index (χ1n) is 6.14. The van der Waals surface area contributed by atoms with Crippen molar-refractivity contribution in [1.82, 2.24) is 9.97 Å². The zero-order valence-corrected chi connectivity index (χ0v) is 11.9. The summed E-state index contributed by atoms with van der Waals surface area (Å²) in [6.45, 7) is 4.15. The second-order valence-electron chi connectivity index (χ2n) is 4.00. The van der Waals surface area contributed by atoms with Crippen molar-refractivity contribution in [3.63, 3.8) is 0 Å². The second kappa shape index (κ2) is 6.34. The lowest BCUT2D eigenvalue weighted by atomic mass is 10.2. The van der Waals surface area contributed by atoms with Crippen LogP contribution in [0.2, 0.25) is 5.15 Å². The Labute approximate surface area is 122 Å². The average molecular weight is 292 g/mol. The van der Waals surface area contributed by atoms with E-state index in [2.05, 4.69) is 15.3 Å². The monoisotopic (exact) mass is 291 g/mol. The number of nitrogens with zero attached hydrogens (tertiary/aromatic N) is 2. The minimum absolute atomic E-state index is 0.129. The quantitative estimate of drug-likeness (QED) is 0.676. The van der Waals surface area contributed by atoms with E-state index < -0.39 is 0 Å². The number of rotatable bonds is 5. The molecule has 0 aliphatic heterocycles. The molecule has 1 aromatic heterocycles. The van der Waals surface area contributed by atoms with Crippen LogP contribution in [0.3, 0.4) is 0 Å².